The molecule has 17 heavy (non-hydrogen) atoms. The number of rotatable bonds is 3. The lowest BCUT2D eigenvalue weighted by atomic mass is 9.63. The van der Waals surface area contributed by atoms with Crippen LogP contribution in [0.25, 0.3) is 0 Å². The molecule has 2 fully saturated rings. The van der Waals surface area contributed by atoms with Crippen LogP contribution in [0.4, 0.5) is 0 Å². The van der Waals surface area contributed by atoms with Gasteiger partial charge in [0.05, 0.1) is 6.07 Å². The molecule has 0 aromatic rings. The van der Waals surface area contributed by atoms with Gasteiger partial charge in [-0.1, -0.05) is 26.2 Å². The van der Waals surface area contributed by atoms with Gasteiger partial charge in [0, 0.05) is 6.54 Å². The first kappa shape index (κ1) is 12.4. The normalized spacial score (nSPS) is 33.5. The lowest BCUT2D eigenvalue weighted by molar-refractivity contribution is -0.134. The largest absolute Gasteiger partial charge is 0.354 e. The zero-order chi connectivity index (χ0) is 12.3. The molecule has 2 aliphatic carbocycles. The van der Waals surface area contributed by atoms with Crippen molar-refractivity contribution in [3.8, 4) is 6.07 Å². The average Bonchev–Trinajstić information content (AvgIpc) is 2.33. The van der Waals surface area contributed by atoms with Crippen LogP contribution in [0, 0.1) is 28.6 Å². The Bertz CT molecular complexity index is 320. The molecule has 3 heteroatoms. The third-order valence-electron chi connectivity index (χ3n) is 4.32. The monoisotopic (exact) mass is 234 g/mol. The van der Waals surface area contributed by atoms with Gasteiger partial charge in [-0.05, 0) is 37.5 Å². The van der Waals surface area contributed by atoms with Crippen LogP contribution in [-0.2, 0) is 4.79 Å². The van der Waals surface area contributed by atoms with Crippen molar-refractivity contribution in [2.24, 2.45) is 17.3 Å². The van der Waals surface area contributed by atoms with Gasteiger partial charge in [0.15, 0.2) is 0 Å². The molecule has 1 N–H and O–H groups in total. The Kier molecular flexibility index (Phi) is 3.71. The molecule has 0 aliphatic heterocycles. The summed E-state index contributed by atoms with van der Waals surface area (Å²) >= 11 is 0. The van der Waals surface area contributed by atoms with Crippen molar-refractivity contribution in [2.45, 2.75) is 51.9 Å². The number of hydrogen-bond donors (Lipinski definition) is 1. The van der Waals surface area contributed by atoms with Crippen LogP contribution in [0.5, 0.6) is 0 Å². The summed E-state index contributed by atoms with van der Waals surface area (Å²) in [4.78, 5) is 12.0. The van der Waals surface area contributed by atoms with Crippen LogP contribution in [0.1, 0.15) is 51.9 Å². The maximum atomic E-state index is 12.0. The predicted molar refractivity (Wildman–Crippen MR) is 66.0 cm³/mol. The molecular weight excluding hydrogens is 212 g/mol. The van der Waals surface area contributed by atoms with E-state index in [4.69, 9.17) is 5.26 Å². The molecule has 0 spiro atoms. The molecule has 1 amide bonds. The molecule has 2 aliphatic rings. The highest BCUT2D eigenvalue weighted by Crippen LogP contribution is 2.45. The SMILES string of the molecule is CC1CC(C#N)(C(=O)NCC2CCCCC2)C1. The number of carbonyl (C=O) groups excluding carboxylic acids is 1. The molecular formula is C14H22N2O. The van der Waals surface area contributed by atoms with Gasteiger partial charge in [-0.3, -0.25) is 4.79 Å². The van der Waals surface area contributed by atoms with Gasteiger partial charge in [-0.15, -0.1) is 0 Å². The highest BCUT2D eigenvalue weighted by molar-refractivity contribution is 5.86. The van der Waals surface area contributed by atoms with Crippen molar-refractivity contribution in [1.29, 1.82) is 5.26 Å². The lowest BCUT2D eigenvalue weighted by Crippen LogP contribution is -2.49. The van der Waals surface area contributed by atoms with Crippen LogP contribution in [0.2, 0.25) is 0 Å². The van der Waals surface area contributed by atoms with Gasteiger partial charge in [-0.2, -0.15) is 5.26 Å². The second kappa shape index (κ2) is 5.08. The van der Waals surface area contributed by atoms with E-state index in [-0.39, 0.29) is 5.91 Å². The van der Waals surface area contributed by atoms with Crippen molar-refractivity contribution in [3.63, 3.8) is 0 Å². The van der Waals surface area contributed by atoms with Gasteiger partial charge >= 0.3 is 0 Å². The van der Waals surface area contributed by atoms with E-state index in [9.17, 15) is 4.79 Å². The molecule has 0 saturated heterocycles. The third kappa shape index (κ3) is 2.62. The van der Waals surface area contributed by atoms with Gasteiger partial charge in [0.25, 0.3) is 0 Å². The third-order valence-corrected chi connectivity index (χ3v) is 4.32. The van der Waals surface area contributed by atoms with E-state index in [1.165, 1.54) is 32.1 Å². The first-order valence-electron chi connectivity index (χ1n) is 6.86. The molecule has 94 valence electrons. The lowest BCUT2D eigenvalue weighted by Gasteiger charge is -2.39. The zero-order valence-electron chi connectivity index (χ0n) is 10.7. The van der Waals surface area contributed by atoms with Gasteiger partial charge in [0.1, 0.15) is 5.41 Å². The van der Waals surface area contributed by atoms with Crippen molar-refractivity contribution in [2.75, 3.05) is 6.54 Å². The summed E-state index contributed by atoms with van der Waals surface area (Å²) in [6, 6.07) is 2.22. The molecule has 0 radical (unpaired) electrons. The van der Waals surface area contributed by atoms with Crippen LogP contribution >= 0.6 is 0 Å². The number of nitrogens with one attached hydrogen (secondary N) is 1. The van der Waals surface area contributed by atoms with Crippen molar-refractivity contribution in [3.05, 3.63) is 0 Å². The Hall–Kier alpha value is -1.04. The minimum absolute atomic E-state index is 0.0244. The molecule has 0 heterocycles. The average molecular weight is 234 g/mol. The van der Waals surface area contributed by atoms with Crippen LogP contribution in [0.3, 0.4) is 0 Å². The summed E-state index contributed by atoms with van der Waals surface area (Å²) in [6.07, 6.45) is 7.86. The van der Waals surface area contributed by atoms with E-state index in [0.29, 0.717) is 11.8 Å². The number of amides is 1. The minimum Gasteiger partial charge on any atom is -0.354 e. The van der Waals surface area contributed by atoms with Crippen LogP contribution in [0.15, 0.2) is 0 Å². The fourth-order valence-corrected chi connectivity index (χ4v) is 3.25. The van der Waals surface area contributed by atoms with Crippen LogP contribution < -0.4 is 5.32 Å². The summed E-state index contributed by atoms with van der Waals surface area (Å²) in [7, 11) is 0. The highest BCUT2D eigenvalue weighted by Gasteiger charge is 2.48. The number of hydrogen-bond acceptors (Lipinski definition) is 2. The Balaban J connectivity index is 1.79. The summed E-state index contributed by atoms with van der Waals surface area (Å²) in [5.74, 6) is 1.14. The molecule has 2 rings (SSSR count). The van der Waals surface area contributed by atoms with E-state index in [1.807, 2.05) is 0 Å². The van der Waals surface area contributed by atoms with E-state index >= 15 is 0 Å². The quantitative estimate of drug-likeness (QED) is 0.816. The number of carbonyl (C=O) groups is 1. The summed E-state index contributed by atoms with van der Waals surface area (Å²) < 4.78 is 0. The Labute approximate surface area is 104 Å². The van der Waals surface area contributed by atoms with E-state index in [1.54, 1.807) is 0 Å². The Morgan fingerprint density at radius 3 is 2.53 bits per heavy atom. The Morgan fingerprint density at radius 1 is 1.35 bits per heavy atom. The van der Waals surface area contributed by atoms with E-state index in [2.05, 4.69) is 18.3 Å². The molecule has 0 bridgehead atoms. The van der Waals surface area contributed by atoms with Crippen molar-refractivity contribution >= 4 is 5.91 Å². The summed E-state index contributed by atoms with van der Waals surface area (Å²) in [6.45, 7) is 2.88. The summed E-state index contributed by atoms with van der Waals surface area (Å²) in [5.41, 5.74) is -0.700. The van der Waals surface area contributed by atoms with Gasteiger partial charge < -0.3 is 5.32 Å². The van der Waals surface area contributed by atoms with Crippen LogP contribution in [-0.4, -0.2) is 12.5 Å². The smallest absolute Gasteiger partial charge is 0.240 e. The van der Waals surface area contributed by atoms with Crippen molar-refractivity contribution in [1.82, 2.24) is 5.32 Å². The van der Waals surface area contributed by atoms with E-state index in [0.717, 1.165) is 19.4 Å². The standard InChI is InChI=1S/C14H22N2O/c1-11-7-14(8-11,10-15)13(17)16-9-12-5-3-2-4-6-12/h11-12H,2-9H2,1H3,(H,16,17). The second-order valence-electron chi connectivity index (χ2n) is 5.92. The molecule has 0 aromatic carbocycles. The van der Waals surface area contributed by atoms with E-state index < -0.39 is 5.41 Å². The summed E-state index contributed by atoms with van der Waals surface area (Å²) in [5, 5.41) is 12.2. The Morgan fingerprint density at radius 2 is 2.00 bits per heavy atom. The fraction of sp³-hybridized carbons (Fsp3) is 0.857. The number of nitrogens with zero attached hydrogens (tertiary/aromatic N) is 1. The molecule has 0 aromatic heterocycles. The maximum Gasteiger partial charge on any atom is 0.240 e. The zero-order valence-corrected chi connectivity index (χ0v) is 10.7. The molecule has 0 unspecified atom stereocenters. The topological polar surface area (TPSA) is 52.9 Å². The maximum absolute atomic E-state index is 12.0. The fourth-order valence-electron chi connectivity index (χ4n) is 3.25. The molecule has 2 saturated carbocycles. The van der Waals surface area contributed by atoms with Crippen molar-refractivity contribution < 1.29 is 4.79 Å². The molecule has 3 nitrogen and oxygen atoms in total. The van der Waals surface area contributed by atoms with Gasteiger partial charge in [0.2, 0.25) is 5.91 Å². The minimum atomic E-state index is -0.700. The first-order chi connectivity index (χ1) is 8.16. The first-order valence-corrected chi connectivity index (χ1v) is 6.86. The second-order valence-corrected chi connectivity index (χ2v) is 5.92. The molecule has 0 atom stereocenters. The number of nitriles is 1. The predicted octanol–water partition coefficient (Wildman–Crippen LogP) is 2.62. The van der Waals surface area contributed by atoms with Gasteiger partial charge in [-0.25, -0.2) is 0 Å². The highest BCUT2D eigenvalue weighted by atomic mass is 16.2.